The molecule has 0 unspecified atom stereocenters. The van der Waals surface area contributed by atoms with Crippen molar-refractivity contribution in [2.75, 3.05) is 6.61 Å². The molecule has 5 nitrogen and oxygen atoms in total. The molecule has 4 N–H and O–H groups in total. The first-order valence-electron chi connectivity index (χ1n) is 9.75. The molecule has 29 heavy (non-hydrogen) atoms. The normalized spacial score (nSPS) is 12.2. The molecule has 0 fully saturated rings. The Morgan fingerprint density at radius 1 is 1.07 bits per heavy atom. The number of hydrogen-bond acceptors (Lipinski definition) is 4. The van der Waals surface area contributed by atoms with E-state index < -0.39 is 0 Å². The van der Waals surface area contributed by atoms with Gasteiger partial charge in [0.25, 0.3) is 0 Å². The van der Waals surface area contributed by atoms with Crippen LogP contribution < -0.4 is 10.5 Å². The lowest BCUT2D eigenvalue weighted by Gasteiger charge is -2.15. The lowest BCUT2D eigenvalue weighted by Crippen LogP contribution is -2.30. The molecule has 0 amide bonds. The van der Waals surface area contributed by atoms with E-state index in [0.717, 1.165) is 45.5 Å². The Morgan fingerprint density at radius 2 is 1.90 bits per heavy atom. The van der Waals surface area contributed by atoms with Crippen LogP contribution in [0.5, 0.6) is 5.75 Å². The van der Waals surface area contributed by atoms with Crippen LogP contribution in [0.15, 0.2) is 66.7 Å². The highest BCUT2D eigenvalue weighted by molar-refractivity contribution is 5.87. The number of rotatable bonds is 7. The van der Waals surface area contributed by atoms with E-state index in [1.54, 1.807) is 0 Å². The molecule has 4 rings (SSSR count). The second-order valence-corrected chi connectivity index (χ2v) is 7.32. The Kier molecular flexibility index (Phi) is 5.60. The number of aliphatic hydroxyl groups is 1. The Morgan fingerprint density at radius 3 is 2.69 bits per heavy atom. The van der Waals surface area contributed by atoms with Crippen LogP contribution in [0.1, 0.15) is 16.8 Å². The average Bonchev–Trinajstić information content (AvgIpc) is 3.13. The molecule has 4 aromatic rings. The molecule has 0 bridgehead atoms. The van der Waals surface area contributed by atoms with Crippen molar-refractivity contribution in [3.63, 3.8) is 0 Å². The molecule has 1 atom stereocenters. The SMILES string of the molecule is Cc1[nH]nc2ccc(-c3cc(OC[C@@H](N)Cc4ccccc4)ccc3CO)cc12. The number of aryl methyl sites for hydroxylation is 1. The maximum Gasteiger partial charge on any atom is 0.120 e. The van der Waals surface area contributed by atoms with Crippen LogP contribution in [0.2, 0.25) is 0 Å². The minimum atomic E-state index is -0.0942. The third-order valence-electron chi connectivity index (χ3n) is 5.11. The standard InChI is InChI=1S/C24H25N3O2/c1-16-22-12-18(8-10-24(22)27-26-16)23-13-21(9-7-19(23)14-28)29-15-20(25)11-17-5-3-2-4-6-17/h2-10,12-13,20,28H,11,14-15,25H2,1H3,(H,26,27)/t20-/m0/s1. The highest BCUT2D eigenvalue weighted by atomic mass is 16.5. The van der Waals surface area contributed by atoms with Crippen molar-refractivity contribution in [2.24, 2.45) is 5.73 Å². The summed E-state index contributed by atoms with van der Waals surface area (Å²) in [6, 6.07) is 21.9. The molecule has 3 aromatic carbocycles. The first kappa shape index (κ1) is 19.2. The fourth-order valence-electron chi connectivity index (χ4n) is 3.54. The van der Waals surface area contributed by atoms with Crippen molar-refractivity contribution in [2.45, 2.75) is 26.0 Å². The van der Waals surface area contributed by atoms with Crippen molar-refractivity contribution in [3.8, 4) is 16.9 Å². The summed E-state index contributed by atoms with van der Waals surface area (Å²) in [5.74, 6) is 0.740. The summed E-state index contributed by atoms with van der Waals surface area (Å²) in [4.78, 5) is 0. The number of nitrogens with two attached hydrogens (primary N) is 1. The molecule has 5 heteroatoms. The van der Waals surface area contributed by atoms with Gasteiger partial charge >= 0.3 is 0 Å². The second-order valence-electron chi connectivity index (χ2n) is 7.32. The van der Waals surface area contributed by atoms with Gasteiger partial charge in [0, 0.05) is 17.1 Å². The highest BCUT2D eigenvalue weighted by Gasteiger charge is 2.11. The smallest absolute Gasteiger partial charge is 0.120 e. The average molecular weight is 387 g/mol. The van der Waals surface area contributed by atoms with Crippen LogP contribution in [0, 0.1) is 6.92 Å². The number of aromatic amines is 1. The van der Waals surface area contributed by atoms with E-state index in [4.69, 9.17) is 10.5 Å². The van der Waals surface area contributed by atoms with Crippen LogP contribution in [-0.4, -0.2) is 28.0 Å². The van der Waals surface area contributed by atoms with Gasteiger partial charge in [-0.25, -0.2) is 0 Å². The molecule has 0 radical (unpaired) electrons. The molecule has 0 saturated heterocycles. The maximum atomic E-state index is 9.80. The molecule has 0 aliphatic heterocycles. The van der Waals surface area contributed by atoms with Crippen molar-refractivity contribution in [1.29, 1.82) is 0 Å². The Labute approximate surface area is 170 Å². The maximum absolute atomic E-state index is 9.80. The number of nitrogens with one attached hydrogen (secondary N) is 1. The fraction of sp³-hybridized carbons (Fsp3) is 0.208. The molecule has 0 saturated carbocycles. The predicted molar refractivity (Wildman–Crippen MR) is 116 cm³/mol. The van der Waals surface area contributed by atoms with Gasteiger partial charge in [0.15, 0.2) is 0 Å². The van der Waals surface area contributed by atoms with Crippen LogP contribution >= 0.6 is 0 Å². The van der Waals surface area contributed by atoms with Crippen LogP contribution in [-0.2, 0) is 13.0 Å². The molecule has 1 heterocycles. The first-order chi connectivity index (χ1) is 14.1. The lowest BCUT2D eigenvalue weighted by molar-refractivity contribution is 0.279. The minimum Gasteiger partial charge on any atom is -0.492 e. The number of nitrogens with zero attached hydrogens (tertiary/aromatic N) is 1. The summed E-state index contributed by atoms with van der Waals surface area (Å²) >= 11 is 0. The zero-order valence-corrected chi connectivity index (χ0v) is 16.4. The number of aliphatic hydroxyl groups excluding tert-OH is 1. The molecule has 1 aromatic heterocycles. The number of hydrogen-bond donors (Lipinski definition) is 3. The summed E-state index contributed by atoms with van der Waals surface area (Å²) in [6.07, 6.45) is 0.763. The van der Waals surface area contributed by atoms with E-state index in [0.29, 0.717) is 6.61 Å². The number of fused-ring (bicyclic) bond motifs is 1. The largest absolute Gasteiger partial charge is 0.492 e. The summed E-state index contributed by atoms with van der Waals surface area (Å²) in [7, 11) is 0. The summed E-state index contributed by atoms with van der Waals surface area (Å²) < 4.78 is 5.97. The van der Waals surface area contributed by atoms with Gasteiger partial charge in [0.1, 0.15) is 12.4 Å². The quantitative estimate of drug-likeness (QED) is 0.448. The van der Waals surface area contributed by atoms with Gasteiger partial charge in [-0.2, -0.15) is 5.10 Å². The second kappa shape index (κ2) is 8.47. The Hall–Kier alpha value is -3.15. The summed E-state index contributed by atoms with van der Waals surface area (Å²) in [6.45, 7) is 2.39. The van der Waals surface area contributed by atoms with Crippen molar-refractivity contribution >= 4 is 10.9 Å². The predicted octanol–water partition coefficient (Wildman–Crippen LogP) is 3.98. The summed E-state index contributed by atoms with van der Waals surface area (Å²) in [5.41, 5.74) is 12.2. The van der Waals surface area contributed by atoms with E-state index in [9.17, 15) is 5.11 Å². The molecule has 0 spiro atoms. The van der Waals surface area contributed by atoms with Crippen molar-refractivity contribution < 1.29 is 9.84 Å². The van der Waals surface area contributed by atoms with Crippen LogP contribution in [0.3, 0.4) is 0 Å². The van der Waals surface area contributed by atoms with Crippen LogP contribution in [0.4, 0.5) is 0 Å². The van der Waals surface area contributed by atoms with E-state index in [2.05, 4.69) is 28.4 Å². The third kappa shape index (κ3) is 4.31. The van der Waals surface area contributed by atoms with Gasteiger partial charge in [0.05, 0.1) is 12.1 Å². The van der Waals surface area contributed by atoms with Gasteiger partial charge in [0.2, 0.25) is 0 Å². The topological polar surface area (TPSA) is 84.2 Å². The van der Waals surface area contributed by atoms with Crippen LogP contribution in [0.25, 0.3) is 22.0 Å². The minimum absolute atomic E-state index is 0.0362. The molecular formula is C24H25N3O2. The molecule has 148 valence electrons. The van der Waals surface area contributed by atoms with E-state index in [1.807, 2.05) is 55.5 Å². The Balaban J connectivity index is 1.54. The molecule has 0 aliphatic carbocycles. The van der Waals surface area contributed by atoms with Crippen molar-refractivity contribution in [3.05, 3.63) is 83.6 Å². The fourth-order valence-corrected chi connectivity index (χ4v) is 3.54. The first-order valence-corrected chi connectivity index (χ1v) is 9.75. The number of aromatic nitrogens is 2. The van der Waals surface area contributed by atoms with Gasteiger partial charge in [-0.05, 0) is 59.9 Å². The zero-order valence-electron chi connectivity index (χ0n) is 16.4. The van der Waals surface area contributed by atoms with Gasteiger partial charge in [-0.15, -0.1) is 0 Å². The Bertz CT molecular complexity index is 1110. The molecular weight excluding hydrogens is 362 g/mol. The van der Waals surface area contributed by atoms with E-state index in [-0.39, 0.29) is 12.6 Å². The summed E-state index contributed by atoms with van der Waals surface area (Å²) in [5, 5.41) is 18.2. The lowest BCUT2D eigenvalue weighted by atomic mass is 9.98. The van der Waals surface area contributed by atoms with Gasteiger partial charge < -0.3 is 15.6 Å². The number of H-pyrrole nitrogens is 1. The van der Waals surface area contributed by atoms with Gasteiger partial charge in [-0.3, -0.25) is 5.10 Å². The van der Waals surface area contributed by atoms with E-state index in [1.165, 1.54) is 5.56 Å². The third-order valence-corrected chi connectivity index (χ3v) is 5.11. The van der Waals surface area contributed by atoms with Gasteiger partial charge in [-0.1, -0.05) is 42.5 Å². The monoisotopic (exact) mass is 387 g/mol. The van der Waals surface area contributed by atoms with E-state index >= 15 is 0 Å². The molecule has 0 aliphatic rings. The zero-order chi connectivity index (χ0) is 20.2. The van der Waals surface area contributed by atoms with Crippen molar-refractivity contribution in [1.82, 2.24) is 10.2 Å². The number of benzene rings is 3. The highest BCUT2D eigenvalue weighted by Crippen LogP contribution is 2.31. The number of ether oxygens (including phenoxy) is 1.